The lowest BCUT2D eigenvalue weighted by atomic mass is 10.1. The molecule has 1 aliphatic heterocycles. The number of carbonyl (C=O) groups is 2. The Hall–Kier alpha value is -3.32. The zero-order valence-electron chi connectivity index (χ0n) is 16.4. The van der Waals surface area contributed by atoms with Crippen LogP contribution in [-0.2, 0) is 9.59 Å². The van der Waals surface area contributed by atoms with E-state index in [4.69, 9.17) is 4.74 Å². The molecule has 7 heteroatoms. The third-order valence-electron chi connectivity index (χ3n) is 4.56. The molecule has 0 bridgehead atoms. The molecule has 0 saturated carbocycles. The lowest BCUT2D eigenvalue weighted by molar-refractivity contribution is -0.122. The molecule has 152 valence electrons. The highest BCUT2D eigenvalue weighted by Crippen LogP contribution is 2.27. The van der Waals surface area contributed by atoms with Gasteiger partial charge >= 0.3 is 0 Å². The minimum absolute atomic E-state index is 0.0750. The average molecular weight is 420 g/mol. The SMILES string of the molecule is CCOc1ccc(N=C2NC(=O)[C@H](CC(=O)Nc3ccc4ccccc4c3)S2)cc1. The number of nitrogens with zero attached hydrogens (tertiary/aromatic N) is 1. The first-order valence-corrected chi connectivity index (χ1v) is 10.6. The van der Waals surface area contributed by atoms with E-state index in [2.05, 4.69) is 15.6 Å². The number of ether oxygens (including phenoxy) is 1. The average Bonchev–Trinajstić information content (AvgIpc) is 3.08. The van der Waals surface area contributed by atoms with E-state index in [0.717, 1.165) is 16.5 Å². The summed E-state index contributed by atoms with van der Waals surface area (Å²) in [5.41, 5.74) is 1.42. The van der Waals surface area contributed by atoms with Gasteiger partial charge in [0, 0.05) is 12.1 Å². The fourth-order valence-electron chi connectivity index (χ4n) is 3.14. The van der Waals surface area contributed by atoms with Crippen molar-refractivity contribution < 1.29 is 14.3 Å². The number of aliphatic imine (C=N–C) groups is 1. The van der Waals surface area contributed by atoms with Gasteiger partial charge in [-0.25, -0.2) is 4.99 Å². The second-order valence-corrected chi connectivity index (χ2v) is 7.95. The summed E-state index contributed by atoms with van der Waals surface area (Å²) in [4.78, 5) is 29.2. The van der Waals surface area contributed by atoms with E-state index in [9.17, 15) is 9.59 Å². The van der Waals surface area contributed by atoms with Gasteiger partial charge in [0.25, 0.3) is 0 Å². The summed E-state index contributed by atoms with van der Waals surface area (Å²) in [5.74, 6) is 0.353. The van der Waals surface area contributed by atoms with Crippen molar-refractivity contribution in [2.24, 2.45) is 4.99 Å². The Balaban J connectivity index is 1.37. The number of hydrogen-bond acceptors (Lipinski definition) is 5. The summed E-state index contributed by atoms with van der Waals surface area (Å²) in [6.45, 7) is 2.53. The zero-order valence-corrected chi connectivity index (χ0v) is 17.2. The van der Waals surface area contributed by atoms with Gasteiger partial charge in [-0.3, -0.25) is 9.59 Å². The standard InChI is InChI=1S/C23H21N3O3S/c1-2-29-19-11-9-17(10-12-19)25-23-26-22(28)20(30-23)14-21(27)24-18-8-7-15-5-3-4-6-16(15)13-18/h3-13,20H,2,14H2,1H3,(H,24,27)(H,25,26,28)/t20-/m0/s1. The van der Waals surface area contributed by atoms with Gasteiger partial charge in [-0.2, -0.15) is 0 Å². The molecule has 0 spiro atoms. The molecule has 2 amide bonds. The number of hydrogen-bond donors (Lipinski definition) is 2. The number of fused-ring (bicyclic) bond motifs is 1. The number of benzene rings is 3. The first-order valence-electron chi connectivity index (χ1n) is 9.68. The lowest BCUT2D eigenvalue weighted by Gasteiger charge is -2.08. The fraction of sp³-hybridized carbons (Fsp3) is 0.174. The van der Waals surface area contributed by atoms with Crippen LogP contribution in [0.5, 0.6) is 5.75 Å². The van der Waals surface area contributed by atoms with Crippen molar-refractivity contribution in [2.45, 2.75) is 18.6 Å². The largest absolute Gasteiger partial charge is 0.494 e. The molecular weight excluding hydrogens is 398 g/mol. The maximum absolute atomic E-state index is 12.5. The van der Waals surface area contributed by atoms with Gasteiger partial charge in [-0.1, -0.05) is 42.1 Å². The van der Waals surface area contributed by atoms with Crippen molar-refractivity contribution in [3.05, 3.63) is 66.7 Å². The van der Waals surface area contributed by atoms with Crippen molar-refractivity contribution in [1.82, 2.24) is 5.32 Å². The molecule has 4 rings (SSSR count). The van der Waals surface area contributed by atoms with Crippen LogP contribution in [0.3, 0.4) is 0 Å². The van der Waals surface area contributed by atoms with Gasteiger partial charge in [-0.05, 0) is 54.1 Å². The van der Waals surface area contributed by atoms with Crippen molar-refractivity contribution in [3.8, 4) is 5.75 Å². The molecular formula is C23H21N3O3S. The van der Waals surface area contributed by atoms with E-state index >= 15 is 0 Å². The molecule has 0 radical (unpaired) electrons. The normalized spacial score (nSPS) is 17.2. The summed E-state index contributed by atoms with van der Waals surface area (Å²) in [6.07, 6.45) is 0.0750. The van der Waals surface area contributed by atoms with Gasteiger partial charge in [0.15, 0.2) is 5.17 Å². The Morgan fingerprint density at radius 2 is 1.87 bits per heavy atom. The van der Waals surface area contributed by atoms with E-state index in [0.29, 0.717) is 23.1 Å². The van der Waals surface area contributed by atoms with E-state index in [1.807, 2.05) is 73.7 Å². The Bertz CT molecular complexity index is 1110. The summed E-state index contributed by atoms with van der Waals surface area (Å²) in [6, 6.07) is 21.0. The van der Waals surface area contributed by atoms with E-state index in [-0.39, 0.29) is 18.2 Å². The number of amidine groups is 1. The summed E-state index contributed by atoms with van der Waals surface area (Å²) < 4.78 is 5.41. The van der Waals surface area contributed by atoms with Crippen LogP contribution < -0.4 is 15.4 Å². The molecule has 1 aliphatic rings. The first kappa shape index (κ1) is 20.0. The van der Waals surface area contributed by atoms with Crippen LogP contribution in [-0.4, -0.2) is 28.8 Å². The predicted octanol–water partition coefficient (Wildman–Crippen LogP) is 4.49. The second kappa shape index (κ2) is 9.00. The van der Waals surface area contributed by atoms with E-state index < -0.39 is 5.25 Å². The second-order valence-electron chi connectivity index (χ2n) is 6.75. The Morgan fingerprint density at radius 3 is 2.63 bits per heavy atom. The third-order valence-corrected chi connectivity index (χ3v) is 5.64. The smallest absolute Gasteiger partial charge is 0.240 e. The van der Waals surface area contributed by atoms with Crippen molar-refractivity contribution in [1.29, 1.82) is 0 Å². The number of rotatable bonds is 6. The topological polar surface area (TPSA) is 79.8 Å². The Kier molecular flexibility index (Phi) is 5.99. The highest BCUT2D eigenvalue weighted by atomic mass is 32.2. The van der Waals surface area contributed by atoms with E-state index in [1.165, 1.54) is 11.8 Å². The van der Waals surface area contributed by atoms with Crippen molar-refractivity contribution in [2.75, 3.05) is 11.9 Å². The number of thioether (sulfide) groups is 1. The minimum atomic E-state index is -0.507. The van der Waals surface area contributed by atoms with Gasteiger partial charge in [0.2, 0.25) is 11.8 Å². The van der Waals surface area contributed by atoms with Crippen LogP contribution >= 0.6 is 11.8 Å². The molecule has 0 aliphatic carbocycles. The van der Waals surface area contributed by atoms with Gasteiger partial charge in [-0.15, -0.1) is 0 Å². The molecule has 0 aromatic heterocycles. The maximum Gasteiger partial charge on any atom is 0.240 e. The number of nitrogens with one attached hydrogen (secondary N) is 2. The summed E-state index contributed by atoms with van der Waals surface area (Å²) in [5, 5.41) is 7.77. The molecule has 0 unspecified atom stereocenters. The van der Waals surface area contributed by atoms with Gasteiger partial charge < -0.3 is 15.4 Å². The summed E-state index contributed by atoms with van der Waals surface area (Å²) >= 11 is 1.27. The molecule has 1 saturated heterocycles. The van der Waals surface area contributed by atoms with Crippen LogP contribution in [0.1, 0.15) is 13.3 Å². The van der Waals surface area contributed by atoms with Crippen LogP contribution in [0.4, 0.5) is 11.4 Å². The molecule has 30 heavy (non-hydrogen) atoms. The Morgan fingerprint density at radius 1 is 1.10 bits per heavy atom. The predicted molar refractivity (Wildman–Crippen MR) is 121 cm³/mol. The molecule has 2 N–H and O–H groups in total. The molecule has 3 aromatic carbocycles. The van der Waals surface area contributed by atoms with Crippen LogP contribution in [0.25, 0.3) is 10.8 Å². The molecule has 1 fully saturated rings. The van der Waals surface area contributed by atoms with Gasteiger partial charge in [0.05, 0.1) is 12.3 Å². The van der Waals surface area contributed by atoms with Gasteiger partial charge in [0.1, 0.15) is 11.0 Å². The molecule has 3 aromatic rings. The Labute approximate surface area is 178 Å². The van der Waals surface area contributed by atoms with Crippen LogP contribution in [0.2, 0.25) is 0 Å². The summed E-state index contributed by atoms with van der Waals surface area (Å²) in [7, 11) is 0. The van der Waals surface area contributed by atoms with E-state index in [1.54, 1.807) is 0 Å². The monoisotopic (exact) mass is 419 g/mol. The highest BCUT2D eigenvalue weighted by molar-refractivity contribution is 8.15. The number of anilines is 1. The first-order chi connectivity index (χ1) is 14.6. The van der Waals surface area contributed by atoms with Crippen LogP contribution in [0.15, 0.2) is 71.7 Å². The van der Waals surface area contributed by atoms with Crippen molar-refractivity contribution in [3.63, 3.8) is 0 Å². The maximum atomic E-state index is 12.5. The van der Waals surface area contributed by atoms with Crippen LogP contribution in [0, 0.1) is 0 Å². The molecule has 1 heterocycles. The lowest BCUT2D eigenvalue weighted by Crippen LogP contribution is -2.28. The molecule has 1 atom stereocenters. The fourth-order valence-corrected chi connectivity index (χ4v) is 4.13. The number of carbonyl (C=O) groups excluding carboxylic acids is 2. The zero-order chi connectivity index (χ0) is 20.9. The highest BCUT2D eigenvalue weighted by Gasteiger charge is 2.32. The minimum Gasteiger partial charge on any atom is -0.494 e. The quantitative estimate of drug-likeness (QED) is 0.617. The third kappa shape index (κ3) is 4.80. The number of amides is 2. The van der Waals surface area contributed by atoms with Crippen molar-refractivity contribution >= 4 is 50.9 Å². The molecule has 6 nitrogen and oxygen atoms in total.